The minimum atomic E-state index is 0.668. The lowest BCUT2D eigenvalue weighted by Crippen LogP contribution is -2.44. The number of fused-ring (bicyclic) bond motifs is 4. The SMILES string of the molecule is Cc1noc(C)c1CN1C[C@@H]2CC[C@H](C1)N(CCCOc1ccccc1)C2. The van der Waals surface area contributed by atoms with Crippen LogP contribution in [0.4, 0.5) is 0 Å². The van der Waals surface area contributed by atoms with Crippen molar-refractivity contribution < 1.29 is 9.26 Å². The summed E-state index contributed by atoms with van der Waals surface area (Å²) >= 11 is 0. The molecule has 27 heavy (non-hydrogen) atoms. The molecule has 0 N–H and O–H groups in total. The smallest absolute Gasteiger partial charge is 0.138 e. The van der Waals surface area contributed by atoms with Crippen molar-refractivity contribution in [3.63, 3.8) is 0 Å². The van der Waals surface area contributed by atoms with E-state index < -0.39 is 0 Å². The number of piperidine rings is 1. The van der Waals surface area contributed by atoms with Crippen LogP contribution in [0.25, 0.3) is 0 Å². The van der Waals surface area contributed by atoms with E-state index in [0.717, 1.165) is 55.8 Å². The fraction of sp³-hybridized carbons (Fsp3) is 0.591. The van der Waals surface area contributed by atoms with Gasteiger partial charge in [0.1, 0.15) is 11.5 Å². The predicted molar refractivity (Wildman–Crippen MR) is 106 cm³/mol. The number of hydrogen-bond acceptors (Lipinski definition) is 5. The molecule has 1 aromatic carbocycles. The quantitative estimate of drug-likeness (QED) is 0.697. The Morgan fingerprint density at radius 1 is 1.11 bits per heavy atom. The molecule has 0 unspecified atom stereocenters. The van der Waals surface area contributed by atoms with Gasteiger partial charge in [-0.25, -0.2) is 0 Å². The van der Waals surface area contributed by atoms with E-state index >= 15 is 0 Å². The van der Waals surface area contributed by atoms with Gasteiger partial charge in [0.25, 0.3) is 0 Å². The maximum atomic E-state index is 5.87. The van der Waals surface area contributed by atoms with Crippen molar-refractivity contribution in [2.45, 2.75) is 45.7 Å². The minimum Gasteiger partial charge on any atom is -0.494 e. The van der Waals surface area contributed by atoms with Crippen molar-refractivity contribution in [3.05, 3.63) is 47.3 Å². The predicted octanol–water partition coefficient (Wildman–Crippen LogP) is 3.66. The zero-order valence-corrected chi connectivity index (χ0v) is 16.6. The van der Waals surface area contributed by atoms with Crippen LogP contribution >= 0.6 is 0 Å². The fourth-order valence-corrected chi connectivity index (χ4v) is 4.60. The Morgan fingerprint density at radius 3 is 2.74 bits per heavy atom. The number of benzene rings is 1. The Hall–Kier alpha value is -1.85. The molecule has 3 aliphatic rings. The zero-order valence-electron chi connectivity index (χ0n) is 16.6. The number of para-hydroxylation sites is 1. The minimum absolute atomic E-state index is 0.668. The molecule has 5 heteroatoms. The first-order chi connectivity index (χ1) is 13.2. The molecule has 3 saturated heterocycles. The van der Waals surface area contributed by atoms with Gasteiger partial charge in [-0.2, -0.15) is 0 Å². The molecule has 2 aromatic rings. The second-order valence-electron chi connectivity index (χ2n) is 8.10. The van der Waals surface area contributed by atoms with Crippen LogP contribution in [0.15, 0.2) is 34.9 Å². The molecular weight excluding hydrogens is 338 g/mol. The number of aromatic nitrogens is 1. The van der Waals surface area contributed by atoms with E-state index in [2.05, 4.69) is 21.9 Å². The first kappa shape index (κ1) is 18.5. The lowest BCUT2D eigenvalue weighted by atomic mass is 9.95. The highest BCUT2D eigenvalue weighted by atomic mass is 16.5. The van der Waals surface area contributed by atoms with E-state index in [9.17, 15) is 0 Å². The van der Waals surface area contributed by atoms with E-state index in [1.165, 1.54) is 31.5 Å². The van der Waals surface area contributed by atoms with Gasteiger partial charge >= 0.3 is 0 Å². The summed E-state index contributed by atoms with van der Waals surface area (Å²) in [5.74, 6) is 2.72. The highest BCUT2D eigenvalue weighted by molar-refractivity contribution is 5.21. The molecule has 3 aliphatic heterocycles. The summed E-state index contributed by atoms with van der Waals surface area (Å²) in [6, 6.07) is 10.8. The van der Waals surface area contributed by atoms with Crippen LogP contribution in [0.1, 0.15) is 36.3 Å². The van der Waals surface area contributed by atoms with E-state index in [4.69, 9.17) is 9.26 Å². The molecule has 0 saturated carbocycles. The van der Waals surface area contributed by atoms with Gasteiger partial charge in [-0.3, -0.25) is 9.80 Å². The van der Waals surface area contributed by atoms with Gasteiger partial charge in [0.15, 0.2) is 0 Å². The van der Waals surface area contributed by atoms with E-state index in [1.807, 2.05) is 37.3 Å². The van der Waals surface area contributed by atoms with Crippen LogP contribution in [0.3, 0.4) is 0 Å². The summed E-state index contributed by atoms with van der Waals surface area (Å²) in [5.41, 5.74) is 2.32. The molecule has 0 aliphatic carbocycles. The fourth-order valence-electron chi connectivity index (χ4n) is 4.60. The Balaban J connectivity index is 1.29. The van der Waals surface area contributed by atoms with Crippen LogP contribution in [-0.2, 0) is 6.54 Å². The largest absolute Gasteiger partial charge is 0.494 e. The Kier molecular flexibility index (Phi) is 5.79. The van der Waals surface area contributed by atoms with E-state index in [1.54, 1.807) is 0 Å². The second-order valence-corrected chi connectivity index (χ2v) is 8.10. The molecule has 2 atom stereocenters. The van der Waals surface area contributed by atoms with Crippen molar-refractivity contribution in [1.82, 2.24) is 15.0 Å². The van der Waals surface area contributed by atoms with Gasteiger partial charge in [-0.1, -0.05) is 23.4 Å². The standard InChI is InChI=1S/C22H31N3O2/c1-17-22(18(2)27-23-17)16-24-13-19-9-10-20(15-24)25(14-19)11-6-12-26-21-7-4-3-5-8-21/h3-5,7-8,19-20H,6,9-16H2,1-2H3/t19-,20+/m0/s1. The molecule has 0 spiro atoms. The summed E-state index contributed by atoms with van der Waals surface area (Å²) in [6.45, 7) is 10.6. The zero-order chi connectivity index (χ0) is 18.6. The number of ether oxygens (including phenoxy) is 1. The van der Waals surface area contributed by atoms with Crippen molar-refractivity contribution >= 4 is 0 Å². The number of nitrogens with zero attached hydrogens (tertiary/aromatic N) is 3. The molecule has 0 amide bonds. The third-order valence-electron chi connectivity index (χ3n) is 6.07. The molecular formula is C22H31N3O2. The van der Waals surface area contributed by atoms with Gasteiger partial charge in [0, 0.05) is 44.3 Å². The first-order valence-corrected chi connectivity index (χ1v) is 10.2. The Labute approximate surface area is 162 Å². The van der Waals surface area contributed by atoms with Crippen LogP contribution in [0.5, 0.6) is 5.75 Å². The average molecular weight is 370 g/mol. The Bertz CT molecular complexity index is 711. The lowest BCUT2D eigenvalue weighted by molar-refractivity contribution is 0.122. The van der Waals surface area contributed by atoms with Gasteiger partial charge in [0.05, 0.1) is 12.3 Å². The van der Waals surface area contributed by atoms with E-state index in [0.29, 0.717) is 6.04 Å². The van der Waals surface area contributed by atoms with Gasteiger partial charge in [0.2, 0.25) is 0 Å². The molecule has 0 radical (unpaired) electrons. The van der Waals surface area contributed by atoms with Crippen LogP contribution in [-0.4, -0.2) is 53.8 Å². The van der Waals surface area contributed by atoms with Gasteiger partial charge in [-0.05, 0) is 51.2 Å². The monoisotopic (exact) mass is 369 g/mol. The molecule has 5 rings (SSSR count). The highest BCUT2D eigenvalue weighted by Crippen LogP contribution is 2.29. The van der Waals surface area contributed by atoms with Crippen LogP contribution in [0, 0.1) is 19.8 Å². The van der Waals surface area contributed by atoms with E-state index in [-0.39, 0.29) is 0 Å². The topological polar surface area (TPSA) is 41.7 Å². The summed E-state index contributed by atoms with van der Waals surface area (Å²) in [6.07, 6.45) is 3.77. The van der Waals surface area contributed by atoms with Crippen molar-refractivity contribution in [2.75, 3.05) is 32.8 Å². The van der Waals surface area contributed by atoms with Crippen molar-refractivity contribution in [3.8, 4) is 5.75 Å². The van der Waals surface area contributed by atoms with Gasteiger partial charge < -0.3 is 9.26 Å². The maximum Gasteiger partial charge on any atom is 0.138 e. The number of rotatable bonds is 7. The van der Waals surface area contributed by atoms with Gasteiger partial charge in [-0.15, -0.1) is 0 Å². The van der Waals surface area contributed by atoms with Crippen LogP contribution < -0.4 is 4.74 Å². The number of hydrogen-bond donors (Lipinski definition) is 0. The lowest BCUT2D eigenvalue weighted by Gasteiger charge is -2.36. The summed E-state index contributed by atoms with van der Waals surface area (Å²) in [4.78, 5) is 5.32. The first-order valence-electron chi connectivity index (χ1n) is 10.2. The average Bonchev–Trinajstić information content (AvgIpc) is 2.86. The Morgan fingerprint density at radius 2 is 1.96 bits per heavy atom. The maximum absolute atomic E-state index is 5.87. The molecule has 1 aromatic heterocycles. The van der Waals surface area contributed by atoms with Crippen LogP contribution in [0.2, 0.25) is 0 Å². The van der Waals surface area contributed by atoms with Crippen molar-refractivity contribution in [2.24, 2.45) is 5.92 Å². The summed E-state index contributed by atoms with van der Waals surface area (Å²) in [7, 11) is 0. The second kappa shape index (κ2) is 8.44. The molecule has 146 valence electrons. The molecule has 2 bridgehead atoms. The van der Waals surface area contributed by atoms with Crippen molar-refractivity contribution in [1.29, 1.82) is 0 Å². The summed E-state index contributed by atoms with van der Waals surface area (Å²) in [5, 5.41) is 4.12. The molecule has 5 nitrogen and oxygen atoms in total. The highest BCUT2D eigenvalue weighted by Gasteiger charge is 2.34. The molecule has 3 fully saturated rings. The summed E-state index contributed by atoms with van der Waals surface area (Å²) < 4.78 is 11.2. The normalized spacial score (nSPS) is 23.5. The third kappa shape index (κ3) is 4.53. The molecule has 4 heterocycles. The number of aryl methyl sites for hydroxylation is 2. The third-order valence-corrected chi connectivity index (χ3v) is 6.07.